The molecular weight excluding hydrogens is 290 g/mol. The molecule has 2 aromatic rings. The van der Waals surface area contributed by atoms with Crippen LogP contribution in [-0.4, -0.2) is 18.1 Å². The molecule has 2 N–H and O–H groups in total. The van der Waals surface area contributed by atoms with Gasteiger partial charge in [0.1, 0.15) is 5.75 Å². The third-order valence-electron chi connectivity index (χ3n) is 3.04. The molecule has 0 aliphatic carbocycles. The molecule has 0 heterocycles. The highest BCUT2D eigenvalue weighted by Gasteiger charge is 2.19. The molecule has 0 radical (unpaired) electrons. The smallest absolute Gasteiger partial charge is 0.257 e. The van der Waals surface area contributed by atoms with E-state index in [9.17, 15) is 9.90 Å². The molecule has 0 spiro atoms. The van der Waals surface area contributed by atoms with E-state index in [4.69, 9.17) is 16.3 Å². The van der Waals surface area contributed by atoms with E-state index in [2.05, 4.69) is 5.32 Å². The van der Waals surface area contributed by atoms with E-state index < -0.39 is 12.0 Å². The second kappa shape index (κ2) is 6.61. The first-order valence-corrected chi connectivity index (χ1v) is 6.78. The Hall–Kier alpha value is -2.04. The van der Waals surface area contributed by atoms with Crippen LogP contribution in [0.15, 0.2) is 42.5 Å². The molecule has 1 atom stereocenters. The molecular formula is C16H16ClNO3. The van der Waals surface area contributed by atoms with Crippen LogP contribution in [0.5, 0.6) is 5.75 Å². The minimum Gasteiger partial charge on any atom is -0.497 e. The van der Waals surface area contributed by atoms with Crippen LogP contribution in [0.2, 0.25) is 5.02 Å². The van der Waals surface area contributed by atoms with Crippen molar-refractivity contribution < 1.29 is 14.6 Å². The number of carbonyl (C=O) groups excluding carboxylic acids is 1. The Balaban J connectivity index is 2.17. The fourth-order valence-corrected chi connectivity index (χ4v) is 2.06. The van der Waals surface area contributed by atoms with Crippen LogP contribution >= 0.6 is 11.6 Å². The summed E-state index contributed by atoms with van der Waals surface area (Å²) in [4.78, 5) is 12.1. The van der Waals surface area contributed by atoms with E-state index >= 15 is 0 Å². The molecule has 0 saturated carbocycles. The maximum Gasteiger partial charge on any atom is 0.257 e. The average molecular weight is 306 g/mol. The molecule has 1 amide bonds. The summed E-state index contributed by atoms with van der Waals surface area (Å²) in [5, 5.41) is 13.2. The zero-order valence-electron chi connectivity index (χ0n) is 11.8. The molecule has 1 unspecified atom stereocenters. The molecule has 2 aromatic carbocycles. The van der Waals surface area contributed by atoms with Crippen molar-refractivity contribution in [3.63, 3.8) is 0 Å². The minimum atomic E-state index is -1.29. The van der Waals surface area contributed by atoms with Crippen LogP contribution in [0, 0.1) is 6.92 Å². The lowest BCUT2D eigenvalue weighted by molar-refractivity contribution is -0.124. The number of nitrogens with one attached hydrogen (secondary N) is 1. The van der Waals surface area contributed by atoms with Gasteiger partial charge < -0.3 is 15.2 Å². The van der Waals surface area contributed by atoms with Crippen molar-refractivity contribution in [3.8, 4) is 5.75 Å². The summed E-state index contributed by atoms with van der Waals surface area (Å²) >= 11 is 6.02. The van der Waals surface area contributed by atoms with Crippen molar-refractivity contribution in [2.45, 2.75) is 13.0 Å². The van der Waals surface area contributed by atoms with Crippen LogP contribution in [0.3, 0.4) is 0 Å². The zero-order valence-corrected chi connectivity index (χ0v) is 12.5. The Labute approximate surface area is 128 Å². The second-order valence-corrected chi connectivity index (χ2v) is 5.06. The largest absolute Gasteiger partial charge is 0.497 e. The molecule has 0 bridgehead atoms. The number of anilines is 1. The van der Waals surface area contributed by atoms with Crippen LogP contribution in [0.25, 0.3) is 0 Å². The summed E-state index contributed by atoms with van der Waals surface area (Å²) in [6.07, 6.45) is -1.29. The number of aliphatic hydroxyl groups is 1. The molecule has 0 fully saturated rings. The molecule has 4 nitrogen and oxygen atoms in total. The molecule has 0 aliphatic heterocycles. The fourth-order valence-electron chi connectivity index (χ4n) is 1.90. The molecule has 5 heteroatoms. The van der Waals surface area contributed by atoms with Crippen LogP contribution in [0.1, 0.15) is 17.2 Å². The number of methoxy groups -OCH3 is 1. The molecule has 2 rings (SSSR count). The van der Waals surface area contributed by atoms with Gasteiger partial charge in [-0.3, -0.25) is 4.79 Å². The third-order valence-corrected chi connectivity index (χ3v) is 3.37. The number of benzene rings is 2. The van der Waals surface area contributed by atoms with Gasteiger partial charge in [-0.2, -0.15) is 0 Å². The van der Waals surface area contributed by atoms with E-state index in [0.717, 1.165) is 5.56 Å². The molecule has 0 saturated heterocycles. The molecule has 0 aromatic heterocycles. The van der Waals surface area contributed by atoms with Crippen molar-refractivity contribution in [2.24, 2.45) is 0 Å². The predicted octanol–water partition coefficient (Wildman–Crippen LogP) is 3.33. The highest BCUT2D eigenvalue weighted by atomic mass is 35.5. The van der Waals surface area contributed by atoms with Gasteiger partial charge in [0.05, 0.1) is 17.8 Å². The first kappa shape index (κ1) is 15.4. The number of ether oxygens (including phenoxy) is 1. The van der Waals surface area contributed by atoms with Crippen molar-refractivity contribution in [3.05, 3.63) is 58.6 Å². The maximum absolute atomic E-state index is 12.1. The van der Waals surface area contributed by atoms with Crippen molar-refractivity contribution in [2.75, 3.05) is 12.4 Å². The topological polar surface area (TPSA) is 58.6 Å². The van der Waals surface area contributed by atoms with E-state index in [-0.39, 0.29) is 0 Å². The normalized spacial score (nSPS) is 11.8. The van der Waals surface area contributed by atoms with Gasteiger partial charge in [-0.1, -0.05) is 29.8 Å². The van der Waals surface area contributed by atoms with Gasteiger partial charge in [0.15, 0.2) is 6.10 Å². The number of amides is 1. The minimum absolute atomic E-state index is 0.423. The van der Waals surface area contributed by atoms with Crippen LogP contribution in [-0.2, 0) is 4.79 Å². The average Bonchev–Trinajstić information content (AvgIpc) is 2.50. The summed E-state index contributed by atoms with van der Waals surface area (Å²) in [6, 6.07) is 12.0. The van der Waals surface area contributed by atoms with Crippen molar-refractivity contribution >= 4 is 23.2 Å². The Morgan fingerprint density at radius 3 is 2.76 bits per heavy atom. The number of aryl methyl sites for hydroxylation is 1. The van der Waals surface area contributed by atoms with Gasteiger partial charge in [0.25, 0.3) is 5.91 Å². The van der Waals surface area contributed by atoms with Gasteiger partial charge in [-0.25, -0.2) is 0 Å². The lowest BCUT2D eigenvalue weighted by atomic mass is 10.1. The van der Waals surface area contributed by atoms with Crippen molar-refractivity contribution in [1.82, 2.24) is 0 Å². The van der Waals surface area contributed by atoms with Gasteiger partial charge in [0.2, 0.25) is 0 Å². The first-order chi connectivity index (χ1) is 10.0. The van der Waals surface area contributed by atoms with E-state index in [1.807, 2.05) is 13.0 Å². The SMILES string of the molecule is COc1cccc(C(O)C(=O)Nc2cc(C)ccc2Cl)c1. The highest BCUT2D eigenvalue weighted by molar-refractivity contribution is 6.33. The van der Waals surface area contributed by atoms with Crippen LogP contribution < -0.4 is 10.1 Å². The molecule has 21 heavy (non-hydrogen) atoms. The number of aliphatic hydroxyl groups excluding tert-OH is 1. The van der Waals surface area contributed by atoms with E-state index in [1.165, 1.54) is 7.11 Å². The van der Waals surface area contributed by atoms with Gasteiger partial charge >= 0.3 is 0 Å². The number of rotatable bonds is 4. The highest BCUT2D eigenvalue weighted by Crippen LogP contribution is 2.25. The summed E-state index contributed by atoms with van der Waals surface area (Å²) in [5.74, 6) is 0.0312. The quantitative estimate of drug-likeness (QED) is 0.911. The summed E-state index contributed by atoms with van der Waals surface area (Å²) in [7, 11) is 1.53. The Morgan fingerprint density at radius 1 is 1.29 bits per heavy atom. The predicted molar refractivity (Wildman–Crippen MR) is 82.8 cm³/mol. The summed E-state index contributed by atoms with van der Waals surface area (Å²) in [6.45, 7) is 1.89. The second-order valence-electron chi connectivity index (χ2n) is 4.65. The van der Waals surface area contributed by atoms with Gasteiger partial charge in [-0.15, -0.1) is 0 Å². The van der Waals surface area contributed by atoms with Crippen molar-refractivity contribution in [1.29, 1.82) is 0 Å². The lowest BCUT2D eigenvalue weighted by Gasteiger charge is -2.14. The summed E-state index contributed by atoms with van der Waals surface area (Å²) < 4.78 is 5.07. The zero-order chi connectivity index (χ0) is 15.4. The third kappa shape index (κ3) is 3.74. The van der Waals surface area contributed by atoms with Gasteiger partial charge in [-0.05, 0) is 42.3 Å². The lowest BCUT2D eigenvalue weighted by Crippen LogP contribution is -2.21. The molecule has 110 valence electrons. The Bertz CT molecular complexity index is 658. The standard InChI is InChI=1S/C16H16ClNO3/c1-10-6-7-13(17)14(8-10)18-16(20)15(19)11-4-3-5-12(9-11)21-2/h3-9,15,19H,1-2H3,(H,18,20). The van der Waals surface area contributed by atoms with E-state index in [0.29, 0.717) is 22.0 Å². The fraction of sp³-hybridized carbons (Fsp3) is 0.188. The number of hydrogen-bond acceptors (Lipinski definition) is 3. The summed E-state index contributed by atoms with van der Waals surface area (Å²) in [5.41, 5.74) is 1.89. The number of halogens is 1. The van der Waals surface area contributed by atoms with E-state index in [1.54, 1.807) is 36.4 Å². The molecule has 0 aliphatic rings. The Kier molecular flexibility index (Phi) is 4.83. The van der Waals surface area contributed by atoms with Gasteiger partial charge in [0, 0.05) is 0 Å². The first-order valence-electron chi connectivity index (χ1n) is 6.40. The number of carbonyl (C=O) groups is 1. The Morgan fingerprint density at radius 2 is 2.05 bits per heavy atom. The van der Waals surface area contributed by atoms with Crippen LogP contribution in [0.4, 0.5) is 5.69 Å². The number of hydrogen-bond donors (Lipinski definition) is 2. The monoisotopic (exact) mass is 305 g/mol. The maximum atomic E-state index is 12.1.